The molecule has 6 nitrogen and oxygen atoms in total. The number of imidazole rings is 1. The summed E-state index contributed by atoms with van der Waals surface area (Å²) in [4.78, 5) is 24.6. The summed E-state index contributed by atoms with van der Waals surface area (Å²) in [5.74, 6) is -0.371. The second kappa shape index (κ2) is 8.19. The van der Waals surface area contributed by atoms with Crippen LogP contribution in [0, 0.1) is 0 Å². The Bertz CT molecular complexity index is 872. The van der Waals surface area contributed by atoms with Gasteiger partial charge < -0.3 is 9.30 Å². The minimum atomic E-state index is -0.371. The van der Waals surface area contributed by atoms with Crippen molar-refractivity contribution >= 4 is 23.2 Å². The number of unbranched alkanes of at least 4 members (excludes halogenated alkanes) is 1. The van der Waals surface area contributed by atoms with E-state index in [0.29, 0.717) is 24.4 Å². The van der Waals surface area contributed by atoms with Gasteiger partial charge in [-0.1, -0.05) is 43.7 Å². The lowest BCUT2D eigenvalue weighted by atomic mass is 10.2. The summed E-state index contributed by atoms with van der Waals surface area (Å²) in [7, 11) is 0. The van der Waals surface area contributed by atoms with Gasteiger partial charge in [-0.3, -0.25) is 0 Å². The molecule has 0 N–H and O–H groups in total. The maximum absolute atomic E-state index is 11.7. The zero-order chi connectivity index (χ0) is 17.5. The molecule has 6 heteroatoms. The highest BCUT2D eigenvalue weighted by Gasteiger charge is 2.09. The number of carbonyl (C=O) groups is 1. The van der Waals surface area contributed by atoms with Crippen molar-refractivity contribution in [3.63, 3.8) is 0 Å². The number of aromatic nitrogens is 4. The van der Waals surface area contributed by atoms with E-state index in [0.717, 1.165) is 24.1 Å². The van der Waals surface area contributed by atoms with Crippen molar-refractivity contribution < 1.29 is 9.53 Å². The van der Waals surface area contributed by atoms with Crippen molar-refractivity contribution in [2.45, 2.75) is 26.3 Å². The Morgan fingerprint density at radius 2 is 2.04 bits per heavy atom. The van der Waals surface area contributed by atoms with Crippen molar-refractivity contribution in [1.29, 1.82) is 0 Å². The van der Waals surface area contributed by atoms with Crippen LogP contribution in [0.4, 0.5) is 0 Å². The van der Waals surface area contributed by atoms with Gasteiger partial charge in [-0.05, 0) is 18.1 Å². The Kier molecular flexibility index (Phi) is 5.51. The van der Waals surface area contributed by atoms with Crippen LogP contribution in [0.3, 0.4) is 0 Å². The molecule has 0 atom stereocenters. The topological polar surface area (TPSA) is 69.9 Å². The molecule has 2 aromatic heterocycles. The number of carbonyl (C=O) groups excluding carboxylic acids is 1. The molecule has 3 rings (SSSR count). The molecule has 0 saturated carbocycles. The molecule has 25 heavy (non-hydrogen) atoms. The first-order chi connectivity index (χ1) is 12.3. The predicted octanol–water partition coefficient (Wildman–Crippen LogP) is 3.23. The number of fused-ring (bicyclic) bond motifs is 1. The van der Waals surface area contributed by atoms with Crippen LogP contribution in [0.2, 0.25) is 0 Å². The number of ether oxygens (including phenoxy) is 1. The van der Waals surface area contributed by atoms with E-state index in [2.05, 4.69) is 27.1 Å². The maximum atomic E-state index is 11.7. The molecule has 2 heterocycles. The lowest BCUT2D eigenvalue weighted by Crippen LogP contribution is -2.02. The van der Waals surface area contributed by atoms with Crippen molar-refractivity contribution in [1.82, 2.24) is 19.5 Å². The smallest absolute Gasteiger partial charge is 0.330 e. The molecule has 0 aliphatic rings. The highest BCUT2D eigenvalue weighted by Crippen LogP contribution is 2.16. The van der Waals surface area contributed by atoms with E-state index < -0.39 is 0 Å². The summed E-state index contributed by atoms with van der Waals surface area (Å²) < 4.78 is 7.07. The van der Waals surface area contributed by atoms with Gasteiger partial charge in [0.25, 0.3) is 0 Å². The SMILES string of the molecule is CCCCOC(=O)/C=C/c1ncnc2c1ncn2Cc1ccccc1. The lowest BCUT2D eigenvalue weighted by molar-refractivity contribution is -0.137. The first kappa shape index (κ1) is 16.8. The standard InChI is InChI=1S/C19H20N4O2/c1-2-3-11-25-17(24)10-9-16-18-19(21-13-20-16)23(14-22-18)12-15-7-5-4-6-8-15/h4-10,13-14H,2-3,11-12H2,1H3/b10-9+. The summed E-state index contributed by atoms with van der Waals surface area (Å²) in [6.45, 7) is 3.16. The van der Waals surface area contributed by atoms with E-state index in [1.165, 1.54) is 12.4 Å². The largest absolute Gasteiger partial charge is 0.463 e. The van der Waals surface area contributed by atoms with Crippen molar-refractivity contribution in [2.75, 3.05) is 6.61 Å². The zero-order valence-corrected chi connectivity index (χ0v) is 14.1. The Hall–Kier alpha value is -3.02. The molecule has 3 aromatic rings. The van der Waals surface area contributed by atoms with Crippen LogP contribution >= 0.6 is 0 Å². The van der Waals surface area contributed by atoms with Gasteiger partial charge in [-0.15, -0.1) is 0 Å². The number of esters is 1. The average molecular weight is 336 g/mol. The van der Waals surface area contributed by atoms with Gasteiger partial charge in [0, 0.05) is 6.08 Å². The van der Waals surface area contributed by atoms with Crippen molar-refractivity contribution in [3.8, 4) is 0 Å². The third-order valence-electron chi connectivity index (χ3n) is 3.74. The van der Waals surface area contributed by atoms with Crippen LogP contribution < -0.4 is 0 Å². The fourth-order valence-corrected chi connectivity index (χ4v) is 2.43. The summed E-state index contributed by atoms with van der Waals surface area (Å²) in [6, 6.07) is 10.1. The Morgan fingerprint density at radius 3 is 2.84 bits per heavy atom. The fraction of sp³-hybridized carbons (Fsp3) is 0.263. The molecule has 0 bridgehead atoms. The Morgan fingerprint density at radius 1 is 1.20 bits per heavy atom. The monoisotopic (exact) mass is 336 g/mol. The number of rotatable bonds is 7. The predicted molar refractivity (Wildman–Crippen MR) is 95.8 cm³/mol. The molecule has 1 aromatic carbocycles. The van der Waals surface area contributed by atoms with Crippen LogP contribution in [0.15, 0.2) is 49.1 Å². The number of benzene rings is 1. The van der Waals surface area contributed by atoms with Gasteiger partial charge in [-0.2, -0.15) is 0 Å². The maximum Gasteiger partial charge on any atom is 0.330 e. The highest BCUT2D eigenvalue weighted by molar-refractivity contribution is 5.90. The Labute approximate surface area is 146 Å². The number of hydrogen-bond donors (Lipinski definition) is 0. The molecule has 0 fully saturated rings. The molecule has 0 unspecified atom stereocenters. The first-order valence-corrected chi connectivity index (χ1v) is 8.32. The minimum absolute atomic E-state index is 0.371. The van der Waals surface area contributed by atoms with Crippen LogP contribution in [0.1, 0.15) is 31.0 Å². The zero-order valence-electron chi connectivity index (χ0n) is 14.1. The van der Waals surface area contributed by atoms with Gasteiger partial charge >= 0.3 is 5.97 Å². The third kappa shape index (κ3) is 4.29. The second-order valence-electron chi connectivity index (χ2n) is 5.64. The number of nitrogens with zero attached hydrogens (tertiary/aromatic N) is 4. The van der Waals surface area contributed by atoms with Crippen LogP contribution in [0.5, 0.6) is 0 Å². The first-order valence-electron chi connectivity index (χ1n) is 8.32. The summed E-state index contributed by atoms with van der Waals surface area (Å²) in [5, 5.41) is 0. The van der Waals surface area contributed by atoms with E-state index in [1.54, 1.807) is 12.4 Å². The van der Waals surface area contributed by atoms with Crippen LogP contribution in [-0.2, 0) is 16.1 Å². The van der Waals surface area contributed by atoms with Gasteiger partial charge in [0.1, 0.15) is 11.8 Å². The summed E-state index contributed by atoms with van der Waals surface area (Å²) in [5.41, 5.74) is 3.16. The second-order valence-corrected chi connectivity index (χ2v) is 5.64. The van der Waals surface area contributed by atoms with Crippen molar-refractivity contribution in [2.24, 2.45) is 0 Å². The van der Waals surface area contributed by atoms with E-state index in [-0.39, 0.29) is 5.97 Å². The quantitative estimate of drug-likeness (QED) is 0.376. The minimum Gasteiger partial charge on any atom is -0.463 e. The molecule has 128 valence electrons. The van der Waals surface area contributed by atoms with E-state index in [4.69, 9.17) is 4.74 Å². The van der Waals surface area contributed by atoms with Crippen molar-refractivity contribution in [3.05, 3.63) is 60.3 Å². The van der Waals surface area contributed by atoms with Crippen LogP contribution in [-0.4, -0.2) is 32.1 Å². The van der Waals surface area contributed by atoms with E-state index >= 15 is 0 Å². The van der Waals surface area contributed by atoms with Crippen LogP contribution in [0.25, 0.3) is 17.2 Å². The summed E-state index contributed by atoms with van der Waals surface area (Å²) in [6.07, 6.45) is 8.08. The lowest BCUT2D eigenvalue weighted by Gasteiger charge is -2.03. The molecular formula is C19H20N4O2. The van der Waals surface area contributed by atoms with E-state index in [1.807, 2.05) is 29.7 Å². The highest BCUT2D eigenvalue weighted by atomic mass is 16.5. The van der Waals surface area contributed by atoms with Gasteiger partial charge in [0.05, 0.1) is 25.2 Å². The number of hydrogen-bond acceptors (Lipinski definition) is 5. The summed E-state index contributed by atoms with van der Waals surface area (Å²) >= 11 is 0. The van der Waals surface area contributed by atoms with Gasteiger partial charge in [-0.25, -0.2) is 19.7 Å². The normalized spacial score (nSPS) is 11.2. The van der Waals surface area contributed by atoms with E-state index in [9.17, 15) is 4.79 Å². The molecule has 0 radical (unpaired) electrons. The van der Waals surface area contributed by atoms with Gasteiger partial charge in [0.15, 0.2) is 5.65 Å². The molecule has 0 amide bonds. The molecular weight excluding hydrogens is 316 g/mol. The fourth-order valence-electron chi connectivity index (χ4n) is 2.43. The third-order valence-corrected chi connectivity index (χ3v) is 3.74. The molecule has 0 saturated heterocycles. The molecule has 0 spiro atoms. The average Bonchev–Trinajstić information content (AvgIpc) is 3.05. The van der Waals surface area contributed by atoms with Gasteiger partial charge in [0.2, 0.25) is 0 Å². The Balaban J connectivity index is 1.78. The molecule has 0 aliphatic heterocycles. The molecule has 0 aliphatic carbocycles.